The molecule has 0 bridgehead atoms. The van der Waals surface area contributed by atoms with Crippen LogP contribution in [0.15, 0.2) is 23.8 Å². The van der Waals surface area contributed by atoms with Crippen molar-refractivity contribution in [2.45, 2.75) is 33.1 Å². The fourth-order valence-corrected chi connectivity index (χ4v) is 2.49. The molecule has 2 rings (SSSR count). The minimum atomic E-state index is -0.270. The molecule has 0 saturated carbocycles. The molecule has 0 radical (unpaired) electrons. The predicted octanol–water partition coefficient (Wildman–Crippen LogP) is 3.10. The largest absolute Gasteiger partial charge is 0.496 e. The van der Waals surface area contributed by atoms with Gasteiger partial charge in [0, 0.05) is 23.1 Å². The van der Waals surface area contributed by atoms with Gasteiger partial charge in [0.15, 0.2) is 11.6 Å². The molecule has 0 fully saturated rings. The van der Waals surface area contributed by atoms with Crippen LogP contribution in [-0.2, 0) is 4.79 Å². The molecule has 0 atom stereocenters. The zero-order valence-electron chi connectivity index (χ0n) is 12.6. The maximum absolute atomic E-state index is 12.4. The van der Waals surface area contributed by atoms with E-state index in [0.29, 0.717) is 16.9 Å². The monoisotopic (exact) mass is 286 g/mol. The number of ether oxygens (including phenoxy) is 1. The number of ketones is 3. The number of rotatable bonds is 4. The number of carbonyl (C=O) groups excluding carboxylic acids is 3. The Morgan fingerprint density at radius 3 is 2.38 bits per heavy atom. The molecule has 0 heterocycles. The molecule has 0 aromatic heterocycles. The summed E-state index contributed by atoms with van der Waals surface area (Å²) in [5.41, 5.74) is 1.84. The van der Waals surface area contributed by atoms with Gasteiger partial charge in [-0.25, -0.2) is 0 Å². The number of fused-ring (bicyclic) bond motifs is 1. The van der Waals surface area contributed by atoms with Gasteiger partial charge in [0.1, 0.15) is 11.5 Å². The summed E-state index contributed by atoms with van der Waals surface area (Å²) in [6.07, 6.45) is 1.26. The van der Waals surface area contributed by atoms with Crippen molar-refractivity contribution in [1.29, 1.82) is 0 Å². The molecule has 0 amide bonds. The second-order valence-electron chi connectivity index (χ2n) is 5.54. The average molecular weight is 286 g/mol. The highest BCUT2D eigenvalue weighted by molar-refractivity contribution is 6.25. The van der Waals surface area contributed by atoms with Crippen LogP contribution in [0.3, 0.4) is 0 Å². The average Bonchev–Trinajstić information content (AvgIpc) is 2.42. The number of carbonyl (C=O) groups is 3. The third kappa shape index (κ3) is 2.79. The van der Waals surface area contributed by atoms with Gasteiger partial charge in [0.25, 0.3) is 0 Å². The van der Waals surface area contributed by atoms with E-state index in [-0.39, 0.29) is 35.3 Å². The van der Waals surface area contributed by atoms with Crippen molar-refractivity contribution in [1.82, 2.24) is 0 Å². The Balaban J connectivity index is 2.57. The van der Waals surface area contributed by atoms with E-state index in [1.54, 1.807) is 12.1 Å². The van der Waals surface area contributed by atoms with Crippen molar-refractivity contribution in [2.24, 2.45) is 0 Å². The second kappa shape index (κ2) is 5.64. The lowest BCUT2D eigenvalue weighted by atomic mass is 9.85. The first-order valence-electron chi connectivity index (χ1n) is 6.86. The Kier molecular flexibility index (Phi) is 4.07. The molecule has 0 saturated heterocycles. The van der Waals surface area contributed by atoms with E-state index in [1.165, 1.54) is 20.1 Å². The van der Waals surface area contributed by atoms with Crippen LogP contribution < -0.4 is 4.74 Å². The summed E-state index contributed by atoms with van der Waals surface area (Å²) in [6.45, 7) is 5.39. The van der Waals surface area contributed by atoms with Gasteiger partial charge >= 0.3 is 0 Å². The van der Waals surface area contributed by atoms with E-state index >= 15 is 0 Å². The molecule has 0 spiro atoms. The SMILES string of the molecule is COc1cc2c(cc1C(C)C)C(=O)C=C(CC(C)=O)C2=O. The van der Waals surface area contributed by atoms with Crippen molar-refractivity contribution in [3.63, 3.8) is 0 Å². The molecule has 1 aliphatic carbocycles. The highest BCUT2D eigenvalue weighted by Crippen LogP contribution is 2.33. The summed E-state index contributed by atoms with van der Waals surface area (Å²) in [5, 5.41) is 0. The second-order valence-corrected chi connectivity index (χ2v) is 5.54. The van der Waals surface area contributed by atoms with Gasteiger partial charge < -0.3 is 4.74 Å². The smallest absolute Gasteiger partial charge is 0.190 e. The van der Waals surface area contributed by atoms with Crippen molar-refractivity contribution in [2.75, 3.05) is 7.11 Å². The third-order valence-corrected chi connectivity index (χ3v) is 3.54. The predicted molar refractivity (Wildman–Crippen MR) is 79.1 cm³/mol. The van der Waals surface area contributed by atoms with E-state index in [2.05, 4.69) is 0 Å². The molecule has 4 nitrogen and oxygen atoms in total. The summed E-state index contributed by atoms with van der Waals surface area (Å²) in [6, 6.07) is 3.33. The lowest BCUT2D eigenvalue weighted by molar-refractivity contribution is -0.116. The van der Waals surface area contributed by atoms with Crippen LogP contribution in [-0.4, -0.2) is 24.5 Å². The highest BCUT2D eigenvalue weighted by Gasteiger charge is 2.28. The molecule has 1 aromatic carbocycles. The highest BCUT2D eigenvalue weighted by atomic mass is 16.5. The first-order valence-corrected chi connectivity index (χ1v) is 6.86. The van der Waals surface area contributed by atoms with Gasteiger partial charge in [-0.1, -0.05) is 13.8 Å². The molecule has 21 heavy (non-hydrogen) atoms. The lowest BCUT2D eigenvalue weighted by Gasteiger charge is -2.19. The molecular weight excluding hydrogens is 268 g/mol. The topological polar surface area (TPSA) is 60.4 Å². The van der Waals surface area contributed by atoms with Crippen LogP contribution in [0.4, 0.5) is 0 Å². The quantitative estimate of drug-likeness (QED) is 0.853. The van der Waals surface area contributed by atoms with Gasteiger partial charge in [0.05, 0.1) is 7.11 Å². The minimum absolute atomic E-state index is 0.0156. The maximum Gasteiger partial charge on any atom is 0.190 e. The number of allylic oxidation sites excluding steroid dienone is 2. The molecule has 1 aliphatic rings. The van der Waals surface area contributed by atoms with Crippen LogP contribution in [0.5, 0.6) is 5.75 Å². The molecule has 0 unspecified atom stereocenters. The van der Waals surface area contributed by atoms with E-state index in [0.717, 1.165) is 5.56 Å². The number of hydrogen-bond donors (Lipinski definition) is 0. The van der Waals surface area contributed by atoms with E-state index in [4.69, 9.17) is 4.74 Å². The van der Waals surface area contributed by atoms with Crippen molar-refractivity contribution < 1.29 is 19.1 Å². The van der Waals surface area contributed by atoms with Crippen molar-refractivity contribution >= 4 is 17.3 Å². The maximum atomic E-state index is 12.4. The fraction of sp³-hybridized carbons (Fsp3) is 0.353. The Morgan fingerprint density at radius 1 is 1.19 bits per heavy atom. The third-order valence-electron chi connectivity index (χ3n) is 3.54. The van der Waals surface area contributed by atoms with Crippen LogP contribution in [0.25, 0.3) is 0 Å². The standard InChI is InChI=1S/C17H18O4/c1-9(2)12-7-13-14(8-16(12)21-4)17(20)11(5-10(3)18)6-15(13)19/h6-9H,5H2,1-4H3. The summed E-state index contributed by atoms with van der Waals surface area (Å²) in [5.74, 6) is 0.125. The molecule has 4 heteroatoms. The summed E-state index contributed by atoms with van der Waals surface area (Å²) < 4.78 is 5.32. The van der Waals surface area contributed by atoms with E-state index in [9.17, 15) is 14.4 Å². The van der Waals surface area contributed by atoms with E-state index in [1.807, 2.05) is 13.8 Å². The number of hydrogen-bond acceptors (Lipinski definition) is 4. The van der Waals surface area contributed by atoms with Gasteiger partial charge in [0.2, 0.25) is 0 Å². The van der Waals surface area contributed by atoms with Crippen molar-refractivity contribution in [3.8, 4) is 5.75 Å². The first-order chi connectivity index (χ1) is 9.85. The molecule has 110 valence electrons. The summed E-state index contributed by atoms with van der Waals surface area (Å²) >= 11 is 0. The Hall–Kier alpha value is -2.23. The summed E-state index contributed by atoms with van der Waals surface area (Å²) in [7, 11) is 1.54. The van der Waals surface area contributed by atoms with Crippen LogP contribution in [0.2, 0.25) is 0 Å². The lowest BCUT2D eigenvalue weighted by Crippen LogP contribution is -2.19. The molecule has 1 aromatic rings. The zero-order valence-corrected chi connectivity index (χ0v) is 12.6. The van der Waals surface area contributed by atoms with Gasteiger partial charge in [-0.3, -0.25) is 14.4 Å². The number of methoxy groups -OCH3 is 1. The Morgan fingerprint density at radius 2 is 1.86 bits per heavy atom. The van der Waals surface area contributed by atoms with Gasteiger partial charge in [-0.2, -0.15) is 0 Å². The minimum Gasteiger partial charge on any atom is -0.496 e. The van der Waals surface area contributed by atoms with E-state index < -0.39 is 0 Å². The van der Waals surface area contributed by atoms with Crippen LogP contribution >= 0.6 is 0 Å². The normalized spacial score (nSPS) is 14.0. The fourth-order valence-electron chi connectivity index (χ4n) is 2.49. The van der Waals surface area contributed by atoms with Gasteiger partial charge in [-0.05, 0) is 36.6 Å². The number of Topliss-reactive ketones (excluding diaryl/α,β-unsaturated/α-hetero) is 2. The van der Waals surface area contributed by atoms with Crippen LogP contribution in [0.1, 0.15) is 59.4 Å². The van der Waals surface area contributed by atoms with Crippen molar-refractivity contribution in [3.05, 3.63) is 40.5 Å². The molecule has 0 N–H and O–H groups in total. The zero-order chi connectivity index (χ0) is 15.7. The van der Waals surface area contributed by atoms with Crippen LogP contribution in [0, 0.1) is 0 Å². The molecular formula is C17H18O4. The first kappa shape index (κ1) is 15.2. The summed E-state index contributed by atoms with van der Waals surface area (Å²) in [4.78, 5) is 35.8. The Labute approximate surface area is 123 Å². The number of benzene rings is 1. The Bertz CT molecular complexity index is 666. The van der Waals surface area contributed by atoms with Gasteiger partial charge in [-0.15, -0.1) is 0 Å². The molecule has 0 aliphatic heterocycles.